The number of hydrogen-bond donors (Lipinski definition) is 0. The first-order valence-corrected chi connectivity index (χ1v) is 5.89. The van der Waals surface area contributed by atoms with Crippen LogP contribution in [0.1, 0.15) is 19.7 Å². The van der Waals surface area contributed by atoms with Crippen molar-refractivity contribution in [2.45, 2.75) is 19.3 Å². The average Bonchev–Trinajstić information content (AvgIpc) is 2.47. The van der Waals surface area contributed by atoms with E-state index in [2.05, 4.69) is 15.0 Å². The molecule has 2 aromatic rings. The number of rotatable bonds is 3. The average molecular weight is 257 g/mol. The van der Waals surface area contributed by atoms with Gasteiger partial charge in [0.2, 0.25) is 0 Å². The van der Waals surface area contributed by atoms with Gasteiger partial charge in [0.05, 0.1) is 18.5 Å². The fraction of sp³-hybridized carbons (Fsp3) is 0.286. The maximum Gasteiger partial charge on any atom is 0.318 e. The molecule has 0 saturated carbocycles. The molecule has 0 aliphatic carbocycles. The number of methoxy groups -OCH3 is 1. The molecule has 0 N–H and O–H groups in total. The summed E-state index contributed by atoms with van der Waals surface area (Å²) in [7, 11) is 1.35. The van der Waals surface area contributed by atoms with Crippen LogP contribution in [0.15, 0.2) is 36.7 Å². The minimum Gasteiger partial charge on any atom is -0.468 e. The van der Waals surface area contributed by atoms with Crippen LogP contribution in [0.4, 0.5) is 0 Å². The lowest BCUT2D eigenvalue weighted by molar-refractivity contribution is -0.146. The lowest BCUT2D eigenvalue weighted by Gasteiger charge is -2.19. The molecule has 0 unspecified atom stereocenters. The lowest BCUT2D eigenvalue weighted by Crippen LogP contribution is -2.32. The summed E-state index contributed by atoms with van der Waals surface area (Å²) in [5.41, 5.74) is 0.536. The van der Waals surface area contributed by atoms with Gasteiger partial charge < -0.3 is 4.74 Å². The predicted molar refractivity (Wildman–Crippen MR) is 70.3 cm³/mol. The van der Waals surface area contributed by atoms with Gasteiger partial charge in [-0.25, -0.2) is 9.97 Å². The first-order valence-electron chi connectivity index (χ1n) is 5.89. The van der Waals surface area contributed by atoms with Crippen molar-refractivity contribution in [2.75, 3.05) is 7.11 Å². The van der Waals surface area contributed by atoms with E-state index in [0.717, 1.165) is 5.69 Å². The van der Waals surface area contributed by atoms with Crippen molar-refractivity contribution < 1.29 is 9.53 Å². The predicted octanol–water partition coefficient (Wildman–Crippen LogP) is 1.99. The van der Waals surface area contributed by atoms with Crippen LogP contribution in [-0.4, -0.2) is 28.0 Å². The Morgan fingerprint density at radius 3 is 2.53 bits per heavy atom. The fourth-order valence-electron chi connectivity index (χ4n) is 1.66. The van der Waals surface area contributed by atoms with Crippen LogP contribution in [0, 0.1) is 0 Å². The van der Waals surface area contributed by atoms with Crippen LogP contribution < -0.4 is 0 Å². The summed E-state index contributed by atoms with van der Waals surface area (Å²) in [6.45, 7) is 3.47. The third-order valence-electron chi connectivity index (χ3n) is 2.84. The van der Waals surface area contributed by atoms with Gasteiger partial charge >= 0.3 is 5.97 Å². The highest BCUT2D eigenvalue weighted by Crippen LogP contribution is 2.23. The molecule has 98 valence electrons. The molecule has 0 spiro atoms. The molecule has 5 nitrogen and oxygen atoms in total. The molecular weight excluding hydrogens is 242 g/mol. The molecule has 2 aromatic heterocycles. The van der Waals surface area contributed by atoms with E-state index < -0.39 is 5.41 Å². The SMILES string of the molecule is COC(=O)C(C)(C)c1nccc(-c2ccccn2)n1. The van der Waals surface area contributed by atoms with E-state index in [0.29, 0.717) is 11.5 Å². The van der Waals surface area contributed by atoms with E-state index in [1.807, 2.05) is 18.2 Å². The number of esters is 1. The van der Waals surface area contributed by atoms with Gasteiger partial charge in [0.15, 0.2) is 0 Å². The summed E-state index contributed by atoms with van der Waals surface area (Å²) >= 11 is 0. The molecule has 0 fully saturated rings. The largest absolute Gasteiger partial charge is 0.468 e. The maximum absolute atomic E-state index is 11.8. The number of nitrogens with zero attached hydrogens (tertiary/aromatic N) is 3. The minimum atomic E-state index is -0.889. The molecule has 0 radical (unpaired) electrons. The van der Waals surface area contributed by atoms with E-state index in [9.17, 15) is 4.79 Å². The highest BCUT2D eigenvalue weighted by molar-refractivity contribution is 5.81. The van der Waals surface area contributed by atoms with Crippen molar-refractivity contribution in [3.8, 4) is 11.4 Å². The standard InChI is InChI=1S/C14H15N3O2/c1-14(2,13(18)19-3)12-16-9-7-11(17-12)10-6-4-5-8-15-10/h4-9H,1-3H3. The number of aromatic nitrogens is 3. The summed E-state index contributed by atoms with van der Waals surface area (Å²) < 4.78 is 4.78. The van der Waals surface area contributed by atoms with Crippen LogP contribution in [0.25, 0.3) is 11.4 Å². The molecule has 0 aromatic carbocycles. The Labute approximate surface area is 111 Å². The molecule has 19 heavy (non-hydrogen) atoms. The summed E-state index contributed by atoms with van der Waals surface area (Å²) in [6, 6.07) is 7.34. The maximum atomic E-state index is 11.8. The van der Waals surface area contributed by atoms with E-state index in [1.165, 1.54) is 7.11 Å². The van der Waals surface area contributed by atoms with Crippen LogP contribution in [0.2, 0.25) is 0 Å². The van der Waals surface area contributed by atoms with E-state index in [4.69, 9.17) is 4.74 Å². The van der Waals surface area contributed by atoms with Crippen LogP contribution >= 0.6 is 0 Å². The molecule has 0 amide bonds. The van der Waals surface area contributed by atoms with Crippen molar-refractivity contribution in [3.05, 3.63) is 42.5 Å². The van der Waals surface area contributed by atoms with Gasteiger partial charge in [-0.3, -0.25) is 9.78 Å². The van der Waals surface area contributed by atoms with Crippen molar-refractivity contribution in [3.63, 3.8) is 0 Å². The second-order valence-corrected chi connectivity index (χ2v) is 4.60. The van der Waals surface area contributed by atoms with E-state index >= 15 is 0 Å². The highest BCUT2D eigenvalue weighted by Gasteiger charge is 2.34. The first-order chi connectivity index (χ1) is 9.05. The third-order valence-corrected chi connectivity index (χ3v) is 2.84. The Morgan fingerprint density at radius 2 is 1.89 bits per heavy atom. The molecule has 2 heterocycles. The number of hydrogen-bond acceptors (Lipinski definition) is 5. The van der Waals surface area contributed by atoms with Crippen molar-refractivity contribution >= 4 is 5.97 Å². The summed E-state index contributed by atoms with van der Waals surface area (Å²) in [5.74, 6) is 0.0492. The minimum absolute atomic E-state index is 0.370. The number of carbonyl (C=O) groups excluding carboxylic acids is 1. The Balaban J connectivity index is 2.43. The summed E-state index contributed by atoms with van der Waals surface area (Å²) in [5, 5.41) is 0. The van der Waals surface area contributed by atoms with Gasteiger partial charge in [-0.1, -0.05) is 6.07 Å². The molecule has 0 aliphatic rings. The van der Waals surface area contributed by atoms with E-state index in [1.54, 1.807) is 32.3 Å². The summed E-state index contributed by atoms with van der Waals surface area (Å²) in [6.07, 6.45) is 3.32. The van der Waals surface area contributed by atoms with Gasteiger partial charge in [0, 0.05) is 12.4 Å². The Hall–Kier alpha value is -2.30. The van der Waals surface area contributed by atoms with Crippen LogP contribution in [0.5, 0.6) is 0 Å². The smallest absolute Gasteiger partial charge is 0.318 e. The summed E-state index contributed by atoms with van der Waals surface area (Å²) in [4.78, 5) is 24.6. The van der Waals surface area contributed by atoms with E-state index in [-0.39, 0.29) is 5.97 Å². The van der Waals surface area contributed by atoms with Gasteiger partial charge in [0.25, 0.3) is 0 Å². The second-order valence-electron chi connectivity index (χ2n) is 4.60. The van der Waals surface area contributed by atoms with Crippen LogP contribution in [0.3, 0.4) is 0 Å². The quantitative estimate of drug-likeness (QED) is 0.787. The Bertz CT molecular complexity index is 582. The first kappa shape index (κ1) is 13.1. The zero-order chi connectivity index (χ0) is 13.9. The van der Waals surface area contributed by atoms with Gasteiger partial charge in [0.1, 0.15) is 11.2 Å². The molecular formula is C14H15N3O2. The monoisotopic (exact) mass is 257 g/mol. The topological polar surface area (TPSA) is 65.0 Å². The van der Waals surface area contributed by atoms with Crippen molar-refractivity contribution in [2.24, 2.45) is 0 Å². The lowest BCUT2D eigenvalue weighted by atomic mass is 9.92. The second kappa shape index (κ2) is 5.14. The van der Waals surface area contributed by atoms with Crippen molar-refractivity contribution in [1.82, 2.24) is 15.0 Å². The van der Waals surface area contributed by atoms with Gasteiger partial charge in [-0.15, -0.1) is 0 Å². The van der Waals surface area contributed by atoms with Gasteiger partial charge in [-0.05, 0) is 32.0 Å². The third kappa shape index (κ3) is 2.59. The normalized spacial score (nSPS) is 11.1. The highest BCUT2D eigenvalue weighted by atomic mass is 16.5. The number of ether oxygens (including phenoxy) is 1. The Kier molecular flexibility index (Phi) is 3.55. The number of pyridine rings is 1. The fourth-order valence-corrected chi connectivity index (χ4v) is 1.66. The molecule has 0 aliphatic heterocycles. The molecule has 5 heteroatoms. The molecule has 2 rings (SSSR count). The Morgan fingerprint density at radius 1 is 1.11 bits per heavy atom. The van der Waals surface area contributed by atoms with Gasteiger partial charge in [-0.2, -0.15) is 0 Å². The zero-order valence-corrected chi connectivity index (χ0v) is 11.1. The zero-order valence-electron chi connectivity index (χ0n) is 11.1. The molecule has 0 bridgehead atoms. The van der Waals surface area contributed by atoms with Crippen LogP contribution in [-0.2, 0) is 14.9 Å². The van der Waals surface area contributed by atoms with Crippen molar-refractivity contribution in [1.29, 1.82) is 0 Å². The number of carbonyl (C=O) groups is 1. The molecule has 0 atom stereocenters. The molecule has 0 saturated heterocycles.